The molecule has 0 unspecified atom stereocenters. The van der Waals surface area contributed by atoms with Gasteiger partial charge in [-0.2, -0.15) is 0 Å². The Morgan fingerprint density at radius 2 is 1.67 bits per heavy atom. The Kier molecular flexibility index (Phi) is 5.18. The van der Waals surface area contributed by atoms with E-state index in [-0.39, 0.29) is 5.57 Å². The Bertz CT molecular complexity index is 965. The first kappa shape index (κ1) is 18.5. The van der Waals surface area contributed by atoms with Crippen LogP contribution in [0.25, 0.3) is 6.08 Å². The van der Waals surface area contributed by atoms with E-state index >= 15 is 0 Å². The van der Waals surface area contributed by atoms with E-state index in [9.17, 15) is 19.2 Å². The van der Waals surface area contributed by atoms with Crippen LogP contribution in [0, 0.1) is 0 Å². The molecule has 27 heavy (non-hydrogen) atoms. The summed E-state index contributed by atoms with van der Waals surface area (Å²) < 4.78 is 5.41. The van der Waals surface area contributed by atoms with Crippen molar-refractivity contribution in [3.05, 3.63) is 69.7 Å². The number of carbonyl (C=O) groups excluding carboxylic acids is 4. The second-order valence-electron chi connectivity index (χ2n) is 5.55. The van der Waals surface area contributed by atoms with Crippen LogP contribution in [0.15, 0.2) is 58.6 Å². The topological polar surface area (TPSA) is 92.8 Å². The number of halogens is 1. The van der Waals surface area contributed by atoms with Gasteiger partial charge in [-0.15, -0.1) is 0 Å². The molecule has 2 aromatic carbocycles. The van der Waals surface area contributed by atoms with Crippen molar-refractivity contribution >= 4 is 51.5 Å². The van der Waals surface area contributed by atoms with Crippen molar-refractivity contribution in [2.24, 2.45) is 0 Å². The van der Waals surface area contributed by atoms with Gasteiger partial charge < -0.3 is 4.74 Å². The number of anilines is 1. The summed E-state index contributed by atoms with van der Waals surface area (Å²) in [6, 6.07) is 11.9. The minimum absolute atomic E-state index is 0.191. The number of ether oxygens (including phenoxy) is 1. The maximum atomic E-state index is 12.7. The van der Waals surface area contributed by atoms with Crippen LogP contribution in [0.5, 0.6) is 0 Å². The number of urea groups is 1. The van der Waals surface area contributed by atoms with Gasteiger partial charge in [-0.05, 0) is 48.0 Å². The number of amides is 4. The maximum Gasteiger partial charge on any atom is 0.337 e. The second kappa shape index (κ2) is 7.55. The summed E-state index contributed by atoms with van der Waals surface area (Å²) >= 11 is 3.28. The van der Waals surface area contributed by atoms with Crippen molar-refractivity contribution in [3.8, 4) is 0 Å². The van der Waals surface area contributed by atoms with Crippen LogP contribution in [-0.4, -0.2) is 30.9 Å². The fourth-order valence-corrected chi connectivity index (χ4v) is 2.75. The molecule has 1 heterocycles. The normalized spacial score (nSPS) is 15.7. The zero-order valence-corrected chi connectivity index (χ0v) is 15.6. The lowest BCUT2D eigenvalue weighted by Crippen LogP contribution is -2.54. The van der Waals surface area contributed by atoms with Gasteiger partial charge in [-0.1, -0.05) is 28.1 Å². The molecule has 2 aromatic rings. The van der Waals surface area contributed by atoms with Gasteiger partial charge in [0.05, 0.1) is 18.4 Å². The molecule has 1 saturated heterocycles. The molecule has 0 radical (unpaired) electrons. The maximum absolute atomic E-state index is 12.7. The van der Waals surface area contributed by atoms with Crippen molar-refractivity contribution in [2.75, 3.05) is 12.0 Å². The number of barbiturate groups is 1. The molecule has 0 saturated carbocycles. The Labute approximate surface area is 162 Å². The average molecular weight is 429 g/mol. The van der Waals surface area contributed by atoms with Gasteiger partial charge in [-0.25, -0.2) is 14.5 Å². The van der Waals surface area contributed by atoms with E-state index in [1.165, 1.54) is 25.3 Å². The van der Waals surface area contributed by atoms with Gasteiger partial charge in [0.1, 0.15) is 5.57 Å². The summed E-state index contributed by atoms with van der Waals surface area (Å²) in [5.74, 6) is -2.01. The van der Waals surface area contributed by atoms with E-state index in [0.29, 0.717) is 16.8 Å². The number of esters is 1. The van der Waals surface area contributed by atoms with Crippen molar-refractivity contribution in [2.45, 2.75) is 0 Å². The highest BCUT2D eigenvalue weighted by Crippen LogP contribution is 2.23. The summed E-state index contributed by atoms with van der Waals surface area (Å²) in [5, 5.41) is 2.16. The Hall–Kier alpha value is -3.26. The highest BCUT2D eigenvalue weighted by Gasteiger charge is 2.36. The molecule has 136 valence electrons. The summed E-state index contributed by atoms with van der Waals surface area (Å²) in [5.41, 5.74) is 1.00. The number of methoxy groups -OCH3 is 1. The SMILES string of the molecule is COC(=O)c1ccc(C=C2C(=O)NC(=O)N(c3ccc(Br)cc3)C2=O)cc1. The number of nitrogens with zero attached hydrogens (tertiary/aromatic N) is 1. The molecule has 0 spiro atoms. The van der Waals surface area contributed by atoms with Crippen LogP contribution in [0.1, 0.15) is 15.9 Å². The fraction of sp³-hybridized carbons (Fsp3) is 0.0526. The average Bonchev–Trinajstić information content (AvgIpc) is 2.66. The van der Waals surface area contributed by atoms with E-state index < -0.39 is 23.8 Å². The molecule has 0 aliphatic carbocycles. The zero-order chi connectivity index (χ0) is 19.6. The molecule has 0 bridgehead atoms. The smallest absolute Gasteiger partial charge is 0.337 e. The van der Waals surface area contributed by atoms with Gasteiger partial charge in [-0.3, -0.25) is 14.9 Å². The third kappa shape index (κ3) is 3.80. The molecule has 8 heteroatoms. The third-order valence-corrected chi connectivity index (χ3v) is 4.36. The number of nitrogens with one attached hydrogen (secondary N) is 1. The third-order valence-electron chi connectivity index (χ3n) is 3.83. The minimum atomic E-state index is -0.814. The van der Waals surface area contributed by atoms with Crippen molar-refractivity contribution < 1.29 is 23.9 Å². The van der Waals surface area contributed by atoms with Crippen LogP contribution in [0.4, 0.5) is 10.5 Å². The van der Waals surface area contributed by atoms with Gasteiger partial charge in [0, 0.05) is 4.47 Å². The van der Waals surface area contributed by atoms with Gasteiger partial charge in [0.25, 0.3) is 11.8 Å². The van der Waals surface area contributed by atoms with E-state index in [1.54, 1.807) is 36.4 Å². The molecule has 3 rings (SSSR count). The van der Waals surface area contributed by atoms with E-state index in [0.717, 1.165) is 9.37 Å². The summed E-state index contributed by atoms with van der Waals surface area (Å²) in [4.78, 5) is 49.4. The Balaban J connectivity index is 1.94. The van der Waals surface area contributed by atoms with Gasteiger partial charge in [0.15, 0.2) is 0 Å². The molecule has 1 aliphatic rings. The Morgan fingerprint density at radius 1 is 1.04 bits per heavy atom. The first-order valence-corrected chi connectivity index (χ1v) is 8.55. The van der Waals surface area contributed by atoms with Crippen LogP contribution in [-0.2, 0) is 14.3 Å². The summed E-state index contributed by atoms with van der Waals surface area (Å²) in [6.45, 7) is 0. The monoisotopic (exact) mass is 428 g/mol. The van der Waals surface area contributed by atoms with E-state index in [4.69, 9.17) is 0 Å². The second-order valence-corrected chi connectivity index (χ2v) is 6.46. The zero-order valence-electron chi connectivity index (χ0n) is 14.1. The minimum Gasteiger partial charge on any atom is -0.465 e. The van der Waals surface area contributed by atoms with Crippen LogP contribution in [0.2, 0.25) is 0 Å². The number of hydrogen-bond acceptors (Lipinski definition) is 5. The fourth-order valence-electron chi connectivity index (χ4n) is 2.48. The van der Waals surface area contributed by atoms with Crippen LogP contribution in [0.3, 0.4) is 0 Å². The first-order valence-electron chi connectivity index (χ1n) is 7.76. The number of benzene rings is 2. The molecular formula is C19H13BrN2O5. The number of hydrogen-bond donors (Lipinski definition) is 1. The summed E-state index contributed by atoms with van der Waals surface area (Å²) in [7, 11) is 1.27. The molecule has 1 N–H and O–H groups in total. The molecule has 0 aromatic heterocycles. The lowest BCUT2D eigenvalue weighted by molar-refractivity contribution is -0.122. The molecule has 1 aliphatic heterocycles. The van der Waals surface area contributed by atoms with Gasteiger partial charge >= 0.3 is 12.0 Å². The van der Waals surface area contributed by atoms with E-state index in [2.05, 4.69) is 26.0 Å². The molecule has 1 fully saturated rings. The summed E-state index contributed by atoms with van der Waals surface area (Å²) in [6.07, 6.45) is 1.36. The lowest BCUT2D eigenvalue weighted by Gasteiger charge is -2.26. The number of rotatable bonds is 3. The molecular weight excluding hydrogens is 416 g/mol. The quantitative estimate of drug-likeness (QED) is 0.460. The predicted molar refractivity (Wildman–Crippen MR) is 101 cm³/mol. The van der Waals surface area contributed by atoms with Crippen molar-refractivity contribution in [1.82, 2.24) is 5.32 Å². The van der Waals surface area contributed by atoms with Crippen molar-refractivity contribution in [1.29, 1.82) is 0 Å². The standard InChI is InChI=1S/C19H13BrN2O5/c1-27-18(25)12-4-2-11(3-5-12)10-15-16(23)21-19(26)22(17(15)24)14-8-6-13(20)7-9-14/h2-10H,1H3,(H,21,23,26). The van der Waals surface area contributed by atoms with Crippen molar-refractivity contribution in [3.63, 3.8) is 0 Å². The highest BCUT2D eigenvalue weighted by molar-refractivity contribution is 9.10. The lowest BCUT2D eigenvalue weighted by atomic mass is 10.1. The van der Waals surface area contributed by atoms with Crippen LogP contribution < -0.4 is 10.2 Å². The Morgan fingerprint density at radius 3 is 2.26 bits per heavy atom. The largest absolute Gasteiger partial charge is 0.465 e. The van der Waals surface area contributed by atoms with Crippen LogP contribution >= 0.6 is 15.9 Å². The van der Waals surface area contributed by atoms with Gasteiger partial charge in [0.2, 0.25) is 0 Å². The first-order chi connectivity index (χ1) is 12.9. The highest BCUT2D eigenvalue weighted by atomic mass is 79.9. The molecule has 0 atom stereocenters. The number of imide groups is 2. The number of carbonyl (C=O) groups is 4. The molecule has 4 amide bonds. The predicted octanol–water partition coefficient (Wildman–Crippen LogP) is 2.90. The van der Waals surface area contributed by atoms with E-state index in [1.807, 2.05) is 0 Å². The molecule has 7 nitrogen and oxygen atoms in total.